The van der Waals surface area contributed by atoms with Crippen LogP contribution in [0.15, 0.2) is 28.2 Å². The smallest absolute Gasteiger partial charge is 0.279 e. The van der Waals surface area contributed by atoms with Gasteiger partial charge in [0.2, 0.25) is 0 Å². The van der Waals surface area contributed by atoms with Crippen molar-refractivity contribution in [2.24, 2.45) is 7.05 Å². The molecule has 1 N–H and O–H groups in total. The van der Waals surface area contributed by atoms with Crippen molar-refractivity contribution in [2.45, 2.75) is 12.1 Å². The van der Waals surface area contributed by atoms with E-state index in [1.54, 1.807) is 34.5 Å². The minimum atomic E-state index is -0.297. The molecule has 3 aromatic rings. The fraction of sp³-hybridized carbons (Fsp3) is 0.214. The summed E-state index contributed by atoms with van der Waals surface area (Å²) in [7, 11) is 1.84. The number of nitrogens with zero attached hydrogens (tertiary/aromatic N) is 3. The maximum absolute atomic E-state index is 12.3. The Bertz CT molecular complexity index is 919. The Morgan fingerprint density at radius 1 is 1.32 bits per heavy atom. The maximum Gasteiger partial charge on any atom is 0.279 e. The van der Waals surface area contributed by atoms with Crippen LogP contribution in [0.25, 0.3) is 22.6 Å². The summed E-state index contributed by atoms with van der Waals surface area (Å²) in [5.41, 5.74) is 1.12. The molecule has 114 valence electrons. The molecule has 22 heavy (non-hydrogen) atoms. The Labute approximate surface area is 140 Å². The minimum absolute atomic E-state index is 0.297. The highest BCUT2D eigenvalue weighted by Crippen LogP contribution is 2.31. The lowest BCUT2D eigenvalue weighted by atomic mass is 10.2. The lowest BCUT2D eigenvalue weighted by Crippen LogP contribution is -2.10. The zero-order valence-corrected chi connectivity index (χ0v) is 14.2. The standard InChI is InChI=1S/C14H12Cl2N4OS/c1-3-22-14-17-10-12(20(14)2)18-11(19-13(10)21)7-5-4-6-8(15)9(7)16/h4-6H,3H2,1-2H3,(H,18,19,21). The number of hydrogen-bond donors (Lipinski definition) is 1. The summed E-state index contributed by atoms with van der Waals surface area (Å²) in [5, 5.41) is 1.52. The number of aryl methyl sites for hydroxylation is 1. The molecule has 8 heteroatoms. The van der Waals surface area contributed by atoms with Crippen LogP contribution < -0.4 is 5.56 Å². The predicted octanol–water partition coefficient (Wildman–Crippen LogP) is 3.74. The third-order valence-corrected chi connectivity index (χ3v) is 4.90. The molecular formula is C14H12Cl2N4OS. The Morgan fingerprint density at radius 3 is 2.82 bits per heavy atom. The molecule has 0 aliphatic heterocycles. The van der Waals surface area contributed by atoms with Crippen molar-refractivity contribution in [2.75, 3.05) is 5.75 Å². The third kappa shape index (κ3) is 2.51. The zero-order chi connectivity index (χ0) is 15.9. The largest absolute Gasteiger partial charge is 0.307 e. The summed E-state index contributed by atoms with van der Waals surface area (Å²) in [6.45, 7) is 2.03. The van der Waals surface area contributed by atoms with Gasteiger partial charge in [-0.2, -0.15) is 0 Å². The molecule has 0 saturated heterocycles. The van der Waals surface area contributed by atoms with E-state index in [4.69, 9.17) is 23.2 Å². The fourth-order valence-electron chi connectivity index (χ4n) is 2.12. The number of halogens is 2. The van der Waals surface area contributed by atoms with E-state index >= 15 is 0 Å². The van der Waals surface area contributed by atoms with Crippen LogP contribution in [0, 0.1) is 0 Å². The second-order valence-corrected chi connectivity index (χ2v) is 6.59. The molecule has 0 fully saturated rings. The van der Waals surface area contributed by atoms with E-state index in [2.05, 4.69) is 15.0 Å². The van der Waals surface area contributed by atoms with Gasteiger partial charge in [0, 0.05) is 12.6 Å². The molecule has 0 amide bonds. The van der Waals surface area contributed by atoms with Crippen molar-refractivity contribution < 1.29 is 0 Å². The molecule has 0 unspecified atom stereocenters. The molecular weight excluding hydrogens is 343 g/mol. The predicted molar refractivity (Wildman–Crippen MR) is 91.0 cm³/mol. The summed E-state index contributed by atoms with van der Waals surface area (Å²) < 4.78 is 1.81. The molecule has 0 bridgehead atoms. The van der Waals surface area contributed by atoms with Crippen LogP contribution >= 0.6 is 35.0 Å². The van der Waals surface area contributed by atoms with Crippen LogP contribution in [-0.4, -0.2) is 25.3 Å². The van der Waals surface area contributed by atoms with Crippen LogP contribution in [0.2, 0.25) is 10.0 Å². The highest BCUT2D eigenvalue weighted by atomic mass is 35.5. The summed E-state index contributed by atoms with van der Waals surface area (Å²) in [5.74, 6) is 1.24. The molecule has 0 spiro atoms. The molecule has 0 atom stereocenters. The van der Waals surface area contributed by atoms with Gasteiger partial charge in [0.1, 0.15) is 5.82 Å². The van der Waals surface area contributed by atoms with Gasteiger partial charge in [-0.15, -0.1) is 0 Å². The van der Waals surface area contributed by atoms with E-state index in [-0.39, 0.29) is 5.56 Å². The van der Waals surface area contributed by atoms with Gasteiger partial charge in [0.25, 0.3) is 5.56 Å². The number of aromatic nitrogens is 4. The van der Waals surface area contributed by atoms with E-state index in [1.807, 2.05) is 14.0 Å². The summed E-state index contributed by atoms with van der Waals surface area (Å²) in [6.07, 6.45) is 0. The molecule has 1 aromatic carbocycles. The molecule has 0 radical (unpaired) electrons. The average molecular weight is 355 g/mol. The van der Waals surface area contributed by atoms with E-state index < -0.39 is 0 Å². The van der Waals surface area contributed by atoms with Gasteiger partial charge in [0.05, 0.1) is 10.0 Å². The normalized spacial score (nSPS) is 11.3. The highest BCUT2D eigenvalue weighted by molar-refractivity contribution is 7.99. The number of nitrogens with one attached hydrogen (secondary N) is 1. The van der Waals surface area contributed by atoms with Crippen LogP contribution in [0.4, 0.5) is 0 Å². The average Bonchev–Trinajstić information content (AvgIpc) is 2.80. The van der Waals surface area contributed by atoms with E-state index in [0.717, 1.165) is 10.9 Å². The van der Waals surface area contributed by atoms with Crippen molar-refractivity contribution in [3.05, 3.63) is 38.6 Å². The molecule has 2 aromatic heterocycles. The van der Waals surface area contributed by atoms with Gasteiger partial charge in [-0.1, -0.05) is 48.0 Å². The third-order valence-electron chi connectivity index (χ3n) is 3.17. The van der Waals surface area contributed by atoms with Gasteiger partial charge in [-0.3, -0.25) is 4.79 Å². The first-order chi connectivity index (χ1) is 10.5. The van der Waals surface area contributed by atoms with Crippen molar-refractivity contribution >= 4 is 46.1 Å². The Morgan fingerprint density at radius 2 is 2.09 bits per heavy atom. The van der Waals surface area contributed by atoms with Crippen molar-refractivity contribution in [3.8, 4) is 11.4 Å². The number of fused-ring (bicyclic) bond motifs is 1. The molecule has 0 aliphatic carbocycles. The summed E-state index contributed by atoms with van der Waals surface area (Å²) >= 11 is 13.8. The van der Waals surface area contributed by atoms with Crippen LogP contribution in [-0.2, 0) is 7.05 Å². The van der Waals surface area contributed by atoms with Gasteiger partial charge >= 0.3 is 0 Å². The molecule has 5 nitrogen and oxygen atoms in total. The van der Waals surface area contributed by atoms with Gasteiger partial charge < -0.3 is 9.55 Å². The van der Waals surface area contributed by atoms with Crippen LogP contribution in [0.1, 0.15) is 6.92 Å². The number of rotatable bonds is 3. The Balaban J connectivity index is 2.27. The Hall–Kier alpha value is -1.50. The summed E-state index contributed by atoms with van der Waals surface area (Å²) in [4.78, 5) is 23.8. The number of aromatic amines is 1. The van der Waals surface area contributed by atoms with Gasteiger partial charge in [-0.25, -0.2) is 9.97 Å². The molecule has 3 rings (SSSR count). The number of imidazole rings is 1. The number of thioether (sulfide) groups is 1. The van der Waals surface area contributed by atoms with Gasteiger partial charge in [-0.05, 0) is 17.9 Å². The maximum atomic E-state index is 12.3. The highest BCUT2D eigenvalue weighted by Gasteiger charge is 2.16. The molecule has 0 saturated carbocycles. The molecule has 0 aliphatic rings. The monoisotopic (exact) mass is 354 g/mol. The second kappa shape index (κ2) is 5.95. The SMILES string of the molecule is CCSc1nc2c(=O)[nH]c(-c3cccc(Cl)c3Cl)nc2n1C. The topological polar surface area (TPSA) is 63.6 Å². The summed E-state index contributed by atoms with van der Waals surface area (Å²) in [6, 6.07) is 5.20. The minimum Gasteiger partial charge on any atom is -0.307 e. The van der Waals surface area contributed by atoms with E-state index in [0.29, 0.717) is 32.6 Å². The quantitative estimate of drug-likeness (QED) is 0.727. The van der Waals surface area contributed by atoms with Crippen LogP contribution in [0.5, 0.6) is 0 Å². The van der Waals surface area contributed by atoms with Crippen molar-refractivity contribution in [1.82, 2.24) is 19.5 Å². The lowest BCUT2D eigenvalue weighted by molar-refractivity contribution is 0.806. The fourth-order valence-corrected chi connectivity index (χ4v) is 3.21. The van der Waals surface area contributed by atoms with E-state index in [1.165, 1.54) is 0 Å². The van der Waals surface area contributed by atoms with E-state index in [9.17, 15) is 4.79 Å². The van der Waals surface area contributed by atoms with Crippen molar-refractivity contribution in [1.29, 1.82) is 0 Å². The number of hydrogen-bond acceptors (Lipinski definition) is 4. The van der Waals surface area contributed by atoms with Gasteiger partial charge in [0.15, 0.2) is 16.3 Å². The van der Waals surface area contributed by atoms with Crippen molar-refractivity contribution in [3.63, 3.8) is 0 Å². The van der Waals surface area contributed by atoms with Crippen LogP contribution in [0.3, 0.4) is 0 Å². The Kier molecular flexibility index (Phi) is 4.16. The first kappa shape index (κ1) is 15.4. The zero-order valence-electron chi connectivity index (χ0n) is 11.9. The molecule has 2 heterocycles. The first-order valence-corrected chi connectivity index (χ1v) is 8.31. The number of H-pyrrole nitrogens is 1. The number of benzene rings is 1. The first-order valence-electron chi connectivity index (χ1n) is 6.56. The lowest BCUT2D eigenvalue weighted by Gasteiger charge is -2.05. The second-order valence-electron chi connectivity index (χ2n) is 4.57.